The molecule has 1 aliphatic rings. The third-order valence-electron chi connectivity index (χ3n) is 4.32. The number of anilines is 1. The molecule has 3 amide bonds. The first-order chi connectivity index (χ1) is 13.3. The van der Waals surface area contributed by atoms with E-state index in [2.05, 4.69) is 5.32 Å². The van der Waals surface area contributed by atoms with E-state index in [4.69, 9.17) is 10.5 Å². The van der Waals surface area contributed by atoms with Gasteiger partial charge in [-0.2, -0.15) is 0 Å². The number of thioether (sulfide) groups is 1. The predicted molar refractivity (Wildman–Crippen MR) is 107 cm³/mol. The van der Waals surface area contributed by atoms with Crippen molar-refractivity contribution in [1.29, 1.82) is 0 Å². The zero-order valence-corrected chi connectivity index (χ0v) is 16.8. The van der Waals surface area contributed by atoms with Crippen molar-refractivity contribution in [2.75, 3.05) is 16.9 Å². The Hall–Kier alpha value is -2.55. The van der Waals surface area contributed by atoms with Crippen LogP contribution in [0.1, 0.15) is 43.5 Å². The lowest BCUT2D eigenvalue weighted by molar-refractivity contribution is -0.159. The fourth-order valence-corrected chi connectivity index (χ4v) is 3.79. The first-order valence-electron chi connectivity index (χ1n) is 9.12. The van der Waals surface area contributed by atoms with E-state index in [0.717, 1.165) is 12.8 Å². The maximum atomic E-state index is 12.5. The molecular formula is C19H25N3O5S. The average molecular weight is 407 g/mol. The summed E-state index contributed by atoms with van der Waals surface area (Å²) in [5.41, 5.74) is 5.95. The number of hydrogen-bond donors (Lipinski definition) is 2. The second-order valence-corrected chi connectivity index (χ2v) is 7.49. The summed E-state index contributed by atoms with van der Waals surface area (Å²) in [6.07, 6.45) is 1.05. The van der Waals surface area contributed by atoms with Gasteiger partial charge in [0.25, 0.3) is 5.91 Å². The van der Waals surface area contributed by atoms with E-state index in [1.165, 1.54) is 47.9 Å². The van der Waals surface area contributed by atoms with Gasteiger partial charge in [-0.1, -0.05) is 13.3 Å². The van der Waals surface area contributed by atoms with Gasteiger partial charge in [0.2, 0.25) is 11.8 Å². The molecule has 1 heterocycles. The van der Waals surface area contributed by atoms with Crippen molar-refractivity contribution in [3.8, 4) is 0 Å². The van der Waals surface area contributed by atoms with E-state index >= 15 is 0 Å². The maximum absolute atomic E-state index is 12.5. The number of rotatable bonds is 8. The molecule has 1 aliphatic heterocycles. The highest BCUT2D eigenvalue weighted by Gasteiger charge is 2.36. The van der Waals surface area contributed by atoms with Gasteiger partial charge in [-0.15, -0.1) is 11.8 Å². The number of nitrogens with two attached hydrogens (primary N) is 1. The lowest BCUT2D eigenvalue weighted by atomic mass is 10.2. The van der Waals surface area contributed by atoms with Gasteiger partial charge in [0.15, 0.2) is 6.10 Å². The molecule has 2 unspecified atom stereocenters. The van der Waals surface area contributed by atoms with Crippen LogP contribution in [-0.4, -0.2) is 52.4 Å². The molecule has 9 heteroatoms. The van der Waals surface area contributed by atoms with Crippen LogP contribution in [0.25, 0.3) is 0 Å². The monoisotopic (exact) mass is 407 g/mol. The minimum atomic E-state index is -1.03. The molecule has 3 N–H and O–H groups in total. The molecule has 8 nitrogen and oxygen atoms in total. The lowest BCUT2D eigenvalue weighted by Gasteiger charge is -2.23. The van der Waals surface area contributed by atoms with Gasteiger partial charge in [-0.3, -0.25) is 14.4 Å². The molecule has 0 spiro atoms. The van der Waals surface area contributed by atoms with Crippen LogP contribution in [-0.2, 0) is 19.1 Å². The minimum Gasteiger partial charge on any atom is -0.451 e. The third-order valence-corrected chi connectivity index (χ3v) is 5.33. The van der Waals surface area contributed by atoms with Gasteiger partial charge >= 0.3 is 5.97 Å². The average Bonchev–Trinajstić information content (AvgIpc) is 3.16. The van der Waals surface area contributed by atoms with Gasteiger partial charge in [-0.25, -0.2) is 4.79 Å². The molecule has 1 aromatic carbocycles. The van der Waals surface area contributed by atoms with Crippen molar-refractivity contribution in [3.63, 3.8) is 0 Å². The fourth-order valence-electron chi connectivity index (χ4n) is 2.62. The standard InChI is InChI=1S/C19H25N3O5S/c1-3-4-5-16(23)22-11-28-10-15(22)19(26)27-12(2)18(25)21-14-8-6-13(7-9-14)17(20)24/h6-9,12,15H,3-5,10-11H2,1-2H3,(H2,20,24)(H,21,25). The fraction of sp³-hybridized carbons (Fsp3) is 0.474. The molecule has 0 bridgehead atoms. The molecule has 28 heavy (non-hydrogen) atoms. The number of hydrogen-bond acceptors (Lipinski definition) is 6. The van der Waals surface area contributed by atoms with Crippen LogP contribution < -0.4 is 11.1 Å². The Labute approximate surface area is 168 Å². The van der Waals surface area contributed by atoms with Gasteiger partial charge in [0.05, 0.1) is 5.88 Å². The largest absolute Gasteiger partial charge is 0.451 e. The van der Waals surface area contributed by atoms with Crippen LogP contribution in [0.4, 0.5) is 5.69 Å². The van der Waals surface area contributed by atoms with Crippen LogP contribution in [0.3, 0.4) is 0 Å². The van der Waals surface area contributed by atoms with Gasteiger partial charge in [0, 0.05) is 23.4 Å². The number of esters is 1. The van der Waals surface area contributed by atoms with Crippen LogP contribution in [0.5, 0.6) is 0 Å². The summed E-state index contributed by atoms with van der Waals surface area (Å²) in [6.45, 7) is 3.47. The summed E-state index contributed by atoms with van der Waals surface area (Å²) in [7, 11) is 0. The molecule has 0 aromatic heterocycles. The molecule has 2 rings (SSSR count). The second-order valence-electron chi connectivity index (χ2n) is 6.49. The molecular weight excluding hydrogens is 382 g/mol. The lowest BCUT2D eigenvalue weighted by Crippen LogP contribution is -2.44. The van der Waals surface area contributed by atoms with Crippen LogP contribution in [0, 0.1) is 0 Å². The first kappa shape index (κ1) is 21.7. The molecule has 1 aromatic rings. The molecule has 1 saturated heterocycles. The smallest absolute Gasteiger partial charge is 0.330 e. The molecule has 1 fully saturated rings. The van der Waals surface area contributed by atoms with E-state index in [1.807, 2.05) is 6.92 Å². The van der Waals surface area contributed by atoms with Crippen LogP contribution in [0.15, 0.2) is 24.3 Å². The number of unbranched alkanes of at least 4 members (excludes halogenated alkanes) is 1. The van der Waals surface area contributed by atoms with Gasteiger partial charge in [-0.05, 0) is 37.6 Å². The van der Waals surface area contributed by atoms with Gasteiger partial charge < -0.3 is 20.7 Å². The highest BCUT2D eigenvalue weighted by Crippen LogP contribution is 2.23. The Kier molecular flexibility index (Phi) is 7.86. The normalized spacial score (nSPS) is 17.1. The Morgan fingerprint density at radius 2 is 1.96 bits per heavy atom. The zero-order valence-electron chi connectivity index (χ0n) is 16.0. The second kappa shape index (κ2) is 10.1. The molecule has 2 atom stereocenters. The Balaban J connectivity index is 1.90. The van der Waals surface area contributed by atoms with Crippen molar-refractivity contribution in [3.05, 3.63) is 29.8 Å². The third kappa shape index (κ3) is 5.72. The number of ether oxygens (including phenoxy) is 1. The van der Waals surface area contributed by atoms with Crippen LogP contribution in [0.2, 0.25) is 0 Å². The predicted octanol–water partition coefficient (Wildman–Crippen LogP) is 1.75. The van der Waals surface area contributed by atoms with E-state index in [1.54, 1.807) is 0 Å². The highest BCUT2D eigenvalue weighted by atomic mass is 32.2. The number of carbonyl (C=O) groups is 4. The number of nitrogens with zero attached hydrogens (tertiary/aromatic N) is 1. The van der Waals surface area contributed by atoms with E-state index in [-0.39, 0.29) is 5.91 Å². The molecule has 0 radical (unpaired) electrons. The summed E-state index contributed by atoms with van der Waals surface area (Å²) in [6, 6.07) is 5.39. The van der Waals surface area contributed by atoms with E-state index in [0.29, 0.717) is 29.3 Å². The number of nitrogens with one attached hydrogen (secondary N) is 1. The van der Waals surface area contributed by atoms with Crippen molar-refractivity contribution in [2.45, 2.75) is 45.3 Å². The highest BCUT2D eigenvalue weighted by molar-refractivity contribution is 7.99. The van der Waals surface area contributed by atoms with Crippen molar-refractivity contribution >= 4 is 41.1 Å². The molecule has 152 valence electrons. The number of benzene rings is 1. The first-order valence-corrected chi connectivity index (χ1v) is 10.3. The summed E-state index contributed by atoms with van der Waals surface area (Å²) in [5, 5.41) is 2.61. The number of carbonyl (C=O) groups excluding carboxylic acids is 4. The summed E-state index contributed by atoms with van der Waals surface area (Å²) in [4.78, 5) is 49.6. The maximum Gasteiger partial charge on any atom is 0.330 e. The topological polar surface area (TPSA) is 119 Å². The summed E-state index contributed by atoms with van der Waals surface area (Å²) < 4.78 is 5.28. The van der Waals surface area contributed by atoms with E-state index in [9.17, 15) is 19.2 Å². The van der Waals surface area contributed by atoms with Crippen molar-refractivity contribution in [1.82, 2.24) is 4.90 Å². The summed E-state index contributed by atoms with van der Waals surface area (Å²) in [5.74, 6) is -0.807. The van der Waals surface area contributed by atoms with E-state index < -0.39 is 29.9 Å². The van der Waals surface area contributed by atoms with Crippen LogP contribution >= 0.6 is 11.8 Å². The van der Waals surface area contributed by atoms with Crippen molar-refractivity contribution in [2.24, 2.45) is 5.73 Å². The Morgan fingerprint density at radius 3 is 2.57 bits per heavy atom. The number of primary amides is 1. The Bertz CT molecular complexity index is 738. The molecule has 0 saturated carbocycles. The zero-order chi connectivity index (χ0) is 20.7. The molecule has 0 aliphatic carbocycles. The minimum absolute atomic E-state index is 0.0690. The van der Waals surface area contributed by atoms with Gasteiger partial charge in [0.1, 0.15) is 6.04 Å². The Morgan fingerprint density at radius 1 is 1.29 bits per heavy atom. The quantitative estimate of drug-likeness (QED) is 0.634. The number of amides is 3. The summed E-state index contributed by atoms with van der Waals surface area (Å²) >= 11 is 1.49. The van der Waals surface area contributed by atoms with Crippen molar-refractivity contribution < 1.29 is 23.9 Å². The SMILES string of the molecule is CCCCC(=O)N1CSCC1C(=O)OC(C)C(=O)Nc1ccc(C(N)=O)cc1.